The molecule has 0 amide bonds. The van der Waals surface area contributed by atoms with Crippen molar-refractivity contribution in [3.8, 4) is 0 Å². The molecule has 1 rings (SSSR count). The van der Waals surface area contributed by atoms with Crippen LogP contribution in [0.4, 0.5) is 0 Å². The Morgan fingerprint density at radius 2 is 2.00 bits per heavy atom. The molecule has 0 aliphatic carbocycles. The average Bonchev–Trinajstić information content (AvgIpc) is 2.25. The quantitative estimate of drug-likeness (QED) is 0.675. The second kappa shape index (κ2) is 6.57. The van der Waals surface area contributed by atoms with Gasteiger partial charge in [0.1, 0.15) is 0 Å². The van der Waals surface area contributed by atoms with Crippen LogP contribution in [-0.4, -0.2) is 18.3 Å². The van der Waals surface area contributed by atoms with Crippen LogP contribution >= 0.6 is 0 Å². The largest absolute Gasteiger partial charge is 0.396 e. The summed E-state index contributed by atoms with van der Waals surface area (Å²) < 4.78 is 0. The molecule has 0 aromatic heterocycles. The zero-order chi connectivity index (χ0) is 10.2. The van der Waals surface area contributed by atoms with Gasteiger partial charge in [-0.05, 0) is 24.4 Å². The van der Waals surface area contributed by atoms with Crippen LogP contribution in [0.5, 0.6) is 0 Å². The molecule has 78 valence electrons. The fraction of sp³-hybridized carbons (Fsp3) is 0.500. The SMILES string of the molecule is CC(CO)CCNCc1ccccc1. The van der Waals surface area contributed by atoms with Crippen molar-refractivity contribution in [3.05, 3.63) is 35.9 Å². The van der Waals surface area contributed by atoms with Gasteiger partial charge >= 0.3 is 0 Å². The molecule has 0 bridgehead atoms. The third-order valence-electron chi connectivity index (χ3n) is 2.30. The highest BCUT2D eigenvalue weighted by molar-refractivity contribution is 5.14. The molecule has 0 saturated carbocycles. The summed E-state index contributed by atoms with van der Waals surface area (Å²) in [5, 5.41) is 12.2. The molecule has 0 saturated heterocycles. The molecule has 14 heavy (non-hydrogen) atoms. The summed E-state index contributed by atoms with van der Waals surface area (Å²) >= 11 is 0. The van der Waals surface area contributed by atoms with E-state index in [1.54, 1.807) is 0 Å². The molecule has 1 aromatic rings. The lowest BCUT2D eigenvalue weighted by Crippen LogP contribution is -2.18. The molecule has 1 unspecified atom stereocenters. The zero-order valence-electron chi connectivity index (χ0n) is 8.74. The standard InChI is InChI=1S/C12H19NO/c1-11(10-14)7-8-13-9-12-5-3-2-4-6-12/h2-6,11,13-14H,7-10H2,1H3. The van der Waals surface area contributed by atoms with Crippen molar-refractivity contribution in [2.24, 2.45) is 5.92 Å². The van der Waals surface area contributed by atoms with E-state index in [0.29, 0.717) is 5.92 Å². The first kappa shape index (κ1) is 11.2. The van der Waals surface area contributed by atoms with E-state index in [-0.39, 0.29) is 6.61 Å². The molecule has 1 atom stereocenters. The predicted octanol–water partition coefficient (Wildman–Crippen LogP) is 1.79. The van der Waals surface area contributed by atoms with Gasteiger partial charge in [-0.1, -0.05) is 37.3 Å². The fourth-order valence-corrected chi connectivity index (χ4v) is 1.27. The summed E-state index contributed by atoms with van der Waals surface area (Å²) in [4.78, 5) is 0. The third kappa shape index (κ3) is 4.40. The molecule has 2 nitrogen and oxygen atoms in total. The van der Waals surface area contributed by atoms with Gasteiger partial charge in [-0.15, -0.1) is 0 Å². The molecule has 2 N–H and O–H groups in total. The Hall–Kier alpha value is -0.860. The smallest absolute Gasteiger partial charge is 0.0457 e. The Balaban J connectivity index is 2.10. The molecule has 0 spiro atoms. The first-order valence-corrected chi connectivity index (χ1v) is 5.18. The molecular formula is C12H19NO. The Labute approximate surface area is 86.0 Å². The van der Waals surface area contributed by atoms with Crippen molar-refractivity contribution in [2.75, 3.05) is 13.2 Å². The van der Waals surface area contributed by atoms with Gasteiger partial charge in [0, 0.05) is 13.2 Å². The summed E-state index contributed by atoms with van der Waals surface area (Å²) in [6.07, 6.45) is 1.03. The van der Waals surface area contributed by atoms with Crippen molar-refractivity contribution in [1.82, 2.24) is 5.32 Å². The number of hydrogen-bond donors (Lipinski definition) is 2. The van der Waals surface area contributed by atoms with E-state index in [9.17, 15) is 0 Å². The van der Waals surface area contributed by atoms with Crippen molar-refractivity contribution in [2.45, 2.75) is 19.9 Å². The lowest BCUT2D eigenvalue weighted by atomic mass is 10.1. The second-order valence-corrected chi connectivity index (χ2v) is 3.74. The van der Waals surface area contributed by atoms with Gasteiger partial charge in [-0.25, -0.2) is 0 Å². The topological polar surface area (TPSA) is 32.3 Å². The highest BCUT2D eigenvalue weighted by atomic mass is 16.3. The maximum absolute atomic E-state index is 8.82. The van der Waals surface area contributed by atoms with Crippen molar-refractivity contribution < 1.29 is 5.11 Å². The van der Waals surface area contributed by atoms with Crippen molar-refractivity contribution in [3.63, 3.8) is 0 Å². The maximum Gasteiger partial charge on any atom is 0.0457 e. The number of nitrogens with one attached hydrogen (secondary N) is 1. The molecule has 0 heterocycles. The van der Waals surface area contributed by atoms with E-state index >= 15 is 0 Å². The van der Waals surface area contributed by atoms with Gasteiger partial charge in [0.05, 0.1) is 0 Å². The van der Waals surface area contributed by atoms with Crippen LogP contribution in [0.1, 0.15) is 18.9 Å². The summed E-state index contributed by atoms with van der Waals surface area (Å²) in [6, 6.07) is 10.4. The van der Waals surface area contributed by atoms with Gasteiger partial charge in [-0.3, -0.25) is 0 Å². The Morgan fingerprint density at radius 1 is 1.29 bits per heavy atom. The predicted molar refractivity (Wildman–Crippen MR) is 59.0 cm³/mol. The minimum absolute atomic E-state index is 0.285. The lowest BCUT2D eigenvalue weighted by molar-refractivity contribution is 0.229. The Bertz CT molecular complexity index is 235. The highest BCUT2D eigenvalue weighted by Gasteiger charge is 1.98. The number of aliphatic hydroxyl groups excluding tert-OH is 1. The van der Waals surface area contributed by atoms with Crippen LogP contribution in [0.3, 0.4) is 0 Å². The first-order chi connectivity index (χ1) is 6.83. The number of aliphatic hydroxyl groups is 1. The zero-order valence-corrected chi connectivity index (χ0v) is 8.74. The summed E-state index contributed by atoms with van der Waals surface area (Å²) in [6.45, 7) is 4.23. The molecule has 0 radical (unpaired) electrons. The van der Waals surface area contributed by atoms with E-state index < -0.39 is 0 Å². The van der Waals surface area contributed by atoms with Crippen LogP contribution in [-0.2, 0) is 6.54 Å². The summed E-state index contributed by atoms with van der Waals surface area (Å²) in [7, 11) is 0. The van der Waals surface area contributed by atoms with Gasteiger partial charge in [0.15, 0.2) is 0 Å². The normalized spacial score (nSPS) is 12.7. The fourth-order valence-electron chi connectivity index (χ4n) is 1.27. The third-order valence-corrected chi connectivity index (χ3v) is 2.30. The van der Waals surface area contributed by atoms with Gasteiger partial charge in [0.25, 0.3) is 0 Å². The number of rotatable bonds is 6. The maximum atomic E-state index is 8.82. The van der Waals surface area contributed by atoms with Crippen LogP contribution in [0.2, 0.25) is 0 Å². The Kier molecular flexibility index (Phi) is 5.27. The van der Waals surface area contributed by atoms with Crippen LogP contribution < -0.4 is 5.32 Å². The molecule has 0 fully saturated rings. The lowest BCUT2D eigenvalue weighted by Gasteiger charge is -2.08. The van der Waals surface area contributed by atoms with Crippen LogP contribution in [0, 0.1) is 5.92 Å². The minimum Gasteiger partial charge on any atom is -0.396 e. The average molecular weight is 193 g/mol. The second-order valence-electron chi connectivity index (χ2n) is 3.74. The summed E-state index contributed by atoms with van der Waals surface area (Å²) in [5.41, 5.74) is 1.31. The van der Waals surface area contributed by atoms with Crippen molar-refractivity contribution >= 4 is 0 Å². The van der Waals surface area contributed by atoms with E-state index in [2.05, 4.69) is 24.4 Å². The molecule has 2 heteroatoms. The van der Waals surface area contributed by atoms with Gasteiger partial charge < -0.3 is 10.4 Å². The van der Waals surface area contributed by atoms with E-state index in [1.165, 1.54) is 5.56 Å². The molecule has 0 aliphatic rings. The first-order valence-electron chi connectivity index (χ1n) is 5.18. The highest BCUT2D eigenvalue weighted by Crippen LogP contribution is 2.00. The Morgan fingerprint density at radius 3 is 2.64 bits per heavy atom. The number of hydrogen-bond acceptors (Lipinski definition) is 2. The van der Waals surface area contributed by atoms with Crippen LogP contribution in [0.15, 0.2) is 30.3 Å². The van der Waals surface area contributed by atoms with Crippen molar-refractivity contribution in [1.29, 1.82) is 0 Å². The van der Waals surface area contributed by atoms with E-state index in [0.717, 1.165) is 19.5 Å². The minimum atomic E-state index is 0.285. The van der Waals surface area contributed by atoms with Crippen LogP contribution in [0.25, 0.3) is 0 Å². The monoisotopic (exact) mass is 193 g/mol. The molecular weight excluding hydrogens is 174 g/mol. The molecule has 0 aliphatic heterocycles. The van der Waals surface area contributed by atoms with E-state index in [1.807, 2.05) is 18.2 Å². The van der Waals surface area contributed by atoms with Gasteiger partial charge in [-0.2, -0.15) is 0 Å². The molecule has 1 aromatic carbocycles. The van der Waals surface area contributed by atoms with E-state index in [4.69, 9.17) is 5.11 Å². The van der Waals surface area contributed by atoms with Gasteiger partial charge in [0.2, 0.25) is 0 Å². The summed E-state index contributed by atoms with van der Waals surface area (Å²) in [5.74, 6) is 0.401. The number of benzene rings is 1.